The first kappa shape index (κ1) is 9.72. The molecule has 12 heavy (non-hydrogen) atoms. The number of halogens is 3. The minimum absolute atomic E-state index is 0.0569. The van der Waals surface area contributed by atoms with E-state index in [-0.39, 0.29) is 4.49 Å². The molecule has 1 rings (SSSR count). The number of anilines is 1. The molecular formula is C8H6Cl3N. The topological polar surface area (TPSA) is 26.0 Å². The van der Waals surface area contributed by atoms with Crippen LogP contribution in [0.3, 0.4) is 0 Å². The fraction of sp³-hybridized carbons (Fsp3) is 0. The van der Waals surface area contributed by atoms with Gasteiger partial charge in [-0.3, -0.25) is 0 Å². The SMILES string of the molecule is Nc1ccc(C(Cl)=C(Cl)Cl)cc1. The monoisotopic (exact) mass is 221 g/mol. The molecule has 0 aliphatic carbocycles. The van der Waals surface area contributed by atoms with Gasteiger partial charge in [-0.15, -0.1) is 0 Å². The number of benzene rings is 1. The molecule has 0 unspecified atom stereocenters. The smallest absolute Gasteiger partial charge is 0.126 e. The molecule has 0 saturated carbocycles. The predicted molar refractivity (Wildman–Crippen MR) is 55.3 cm³/mol. The van der Waals surface area contributed by atoms with Gasteiger partial charge < -0.3 is 5.73 Å². The summed E-state index contributed by atoms with van der Waals surface area (Å²) in [6.45, 7) is 0. The van der Waals surface area contributed by atoms with Gasteiger partial charge in [-0.05, 0) is 17.7 Å². The van der Waals surface area contributed by atoms with Gasteiger partial charge in [0, 0.05) is 5.69 Å². The number of hydrogen-bond donors (Lipinski definition) is 1. The van der Waals surface area contributed by atoms with Crippen LogP contribution in [0.15, 0.2) is 28.8 Å². The lowest BCUT2D eigenvalue weighted by Crippen LogP contribution is -1.84. The van der Waals surface area contributed by atoms with Gasteiger partial charge in [0.15, 0.2) is 0 Å². The molecule has 1 aromatic rings. The molecule has 0 fully saturated rings. The third-order valence-corrected chi connectivity index (χ3v) is 2.31. The Morgan fingerprint density at radius 1 is 1.00 bits per heavy atom. The molecule has 1 nitrogen and oxygen atoms in total. The van der Waals surface area contributed by atoms with Crippen LogP contribution >= 0.6 is 34.8 Å². The highest BCUT2D eigenvalue weighted by Gasteiger charge is 2.01. The number of nitrogens with two attached hydrogens (primary N) is 1. The number of nitrogen functional groups attached to an aromatic ring is 1. The predicted octanol–water partition coefficient (Wildman–Crippen LogP) is 3.61. The summed E-state index contributed by atoms with van der Waals surface area (Å²) < 4.78 is 0.0569. The summed E-state index contributed by atoms with van der Waals surface area (Å²) in [5, 5.41) is 0.332. The standard InChI is InChI=1S/C8H6Cl3N/c9-7(8(10)11)5-1-3-6(12)4-2-5/h1-4H,12H2. The van der Waals surface area contributed by atoms with E-state index in [9.17, 15) is 0 Å². The van der Waals surface area contributed by atoms with Gasteiger partial charge in [0.05, 0.1) is 5.03 Å². The van der Waals surface area contributed by atoms with E-state index in [1.165, 1.54) is 0 Å². The van der Waals surface area contributed by atoms with E-state index in [2.05, 4.69) is 0 Å². The average molecular weight is 223 g/mol. The van der Waals surface area contributed by atoms with Crippen molar-refractivity contribution in [1.82, 2.24) is 0 Å². The van der Waals surface area contributed by atoms with Crippen LogP contribution in [0.1, 0.15) is 5.56 Å². The molecule has 0 aliphatic rings. The Kier molecular flexibility index (Phi) is 3.27. The second-order valence-electron chi connectivity index (χ2n) is 2.20. The van der Waals surface area contributed by atoms with Gasteiger partial charge in [-0.2, -0.15) is 0 Å². The van der Waals surface area contributed by atoms with E-state index >= 15 is 0 Å². The molecule has 0 aromatic heterocycles. The third-order valence-electron chi connectivity index (χ3n) is 1.33. The minimum atomic E-state index is 0.0569. The van der Waals surface area contributed by atoms with E-state index in [1.54, 1.807) is 24.3 Å². The van der Waals surface area contributed by atoms with E-state index in [1.807, 2.05) is 0 Å². The van der Waals surface area contributed by atoms with E-state index in [4.69, 9.17) is 40.5 Å². The largest absolute Gasteiger partial charge is 0.399 e. The zero-order valence-corrected chi connectivity index (χ0v) is 8.29. The van der Waals surface area contributed by atoms with Crippen LogP contribution in [0.2, 0.25) is 0 Å². The van der Waals surface area contributed by atoms with Gasteiger partial charge >= 0.3 is 0 Å². The Balaban J connectivity index is 3.06. The summed E-state index contributed by atoms with van der Waals surface area (Å²) in [4.78, 5) is 0. The normalized spacial score (nSPS) is 9.58. The molecule has 1 aromatic carbocycles. The first-order valence-corrected chi connectivity index (χ1v) is 4.31. The fourth-order valence-corrected chi connectivity index (χ4v) is 1.08. The van der Waals surface area contributed by atoms with Crippen molar-refractivity contribution < 1.29 is 0 Å². The first-order valence-electron chi connectivity index (χ1n) is 3.18. The molecule has 0 aliphatic heterocycles. The van der Waals surface area contributed by atoms with Crippen LogP contribution in [0.5, 0.6) is 0 Å². The lowest BCUT2D eigenvalue weighted by Gasteiger charge is -1.99. The third kappa shape index (κ3) is 2.31. The second-order valence-corrected chi connectivity index (χ2v) is 3.52. The molecule has 4 heteroatoms. The lowest BCUT2D eigenvalue weighted by atomic mass is 10.2. The Labute approximate surface area is 85.7 Å². The molecule has 0 radical (unpaired) electrons. The van der Waals surface area contributed by atoms with Crippen molar-refractivity contribution in [1.29, 1.82) is 0 Å². The Bertz CT molecular complexity index is 299. The summed E-state index contributed by atoms with van der Waals surface area (Å²) in [6, 6.07) is 6.97. The molecular weight excluding hydrogens is 216 g/mol. The lowest BCUT2D eigenvalue weighted by molar-refractivity contribution is 1.64. The summed E-state index contributed by atoms with van der Waals surface area (Å²) >= 11 is 16.7. The van der Waals surface area contributed by atoms with Crippen LogP contribution in [-0.2, 0) is 0 Å². The zero-order chi connectivity index (χ0) is 9.14. The van der Waals surface area contributed by atoms with Crippen molar-refractivity contribution in [2.45, 2.75) is 0 Å². The Morgan fingerprint density at radius 2 is 1.50 bits per heavy atom. The quantitative estimate of drug-likeness (QED) is 0.722. The summed E-state index contributed by atoms with van der Waals surface area (Å²) in [5.74, 6) is 0. The van der Waals surface area contributed by atoms with Gasteiger partial charge in [0.25, 0.3) is 0 Å². The van der Waals surface area contributed by atoms with Crippen LogP contribution in [0, 0.1) is 0 Å². The van der Waals surface area contributed by atoms with Gasteiger partial charge in [0.2, 0.25) is 0 Å². The fourth-order valence-electron chi connectivity index (χ4n) is 0.739. The average Bonchev–Trinajstić information content (AvgIpc) is 2.04. The van der Waals surface area contributed by atoms with Crippen molar-refractivity contribution in [3.05, 3.63) is 34.3 Å². The van der Waals surface area contributed by atoms with E-state index < -0.39 is 0 Å². The van der Waals surface area contributed by atoms with E-state index in [0.717, 1.165) is 5.56 Å². The van der Waals surface area contributed by atoms with Crippen LogP contribution < -0.4 is 5.73 Å². The summed E-state index contributed by atoms with van der Waals surface area (Å²) in [5.41, 5.74) is 6.91. The van der Waals surface area contributed by atoms with Crippen molar-refractivity contribution in [2.24, 2.45) is 0 Å². The number of rotatable bonds is 1. The maximum Gasteiger partial charge on any atom is 0.126 e. The molecule has 2 N–H and O–H groups in total. The van der Waals surface area contributed by atoms with Crippen molar-refractivity contribution >= 4 is 45.5 Å². The molecule has 64 valence electrons. The van der Waals surface area contributed by atoms with Gasteiger partial charge in [0.1, 0.15) is 4.49 Å². The van der Waals surface area contributed by atoms with E-state index in [0.29, 0.717) is 10.7 Å². The van der Waals surface area contributed by atoms with Crippen LogP contribution in [-0.4, -0.2) is 0 Å². The summed E-state index contributed by atoms with van der Waals surface area (Å²) in [7, 11) is 0. The highest BCUT2D eigenvalue weighted by atomic mass is 35.5. The Morgan fingerprint density at radius 3 is 1.92 bits per heavy atom. The first-order chi connectivity index (χ1) is 5.61. The maximum absolute atomic E-state index is 5.77. The van der Waals surface area contributed by atoms with Crippen LogP contribution in [0.25, 0.3) is 5.03 Å². The summed E-state index contributed by atoms with van der Waals surface area (Å²) in [6.07, 6.45) is 0. The molecule has 0 heterocycles. The highest BCUT2D eigenvalue weighted by molar-refractivity contribution is 6.66. The van der Waals surface area contributed by atoms with Crippen molar-refractivity contribution in [2.75, 3.05) is 5.73 Å². The minimum Gasteiger partial charge on any atom is -0.399 e. The second kappa shape index (κ2) is 4.04. The van der Waals surface area contributed by atoms with Crippen LogP contribution in [0.4, 0.5) is 5.69 Å². The van der Waals surface area contributed by atoms with Gasteiger partial charge in [-0.25, -0.2) is 0 Å². The Hall–Kier alpha value is -0.370. The molecule has 0 bridgehead atoms. The maximum atomic E-state index is 5.77. The van der Waals surface area contributed by atoms with Gasteiger partial charge in [-0.1, -0.05) is 46.9 Å². The molecule has 0 amide bonds. The molecule has 0 atom stereocenters. The molecule has 0 saturated heterocycles. The van der Waals surface area contributed by atoms with Crippen molar-refractivity contribution in [3.63, 3.8) is 0 Å². The van der Waals surface area contributed by atoms with Crippen molar-refractivity contribution in [3.8, 4) is 0 Å². The number of hydrogen-bond acceptors (Lipinski definition) is 1. The highest BCUT2D eigenvalue weighted by Crippen LogP contribution is 2.27. The zero-order valence-electron chi connectivity index (χ0n) is 6.02. The molecule has 0 spiro atoms.